The molecule has 4 heteroatoms. The van der Waals surface area contributed by atoms with E-state index in [9.17, 15) is 4.39 Å². The van der Waals surface area contributed by atoms with E-state index in [1.165, 1.54) is 31.7 Å². The number of imidazole rings is 1. The van der Waals surface area contributed by atoms with Gasteiger partial charge in [0, 0.05) is 6.54 Å². The third kappa shape index (κ3) is 2.56. The number of fused-ring (bicyclic) bond motifs is 1. The van der Waals surface area contributed by atoms with E-state index in [4.69, 9.17) is 11.6 Å². The molecular formula is C16H20ClFN2. The van der Waals surface area contributed by atoms with Crippen LogP contribution in [-0.2, 0) is 12.4 Å². The fourth-order valence-electron chi connectivity index (χ4n) is 3.35. The van der Waals surface area contributed by atoms with E-state index < -0.39 is 0 Å². The fourth-order valence-corrected chi connectivity index (χ4v) is 3.55. The maximum atomic E-state index is 13.5. The first-order chi connectivity index (χ1) is 9.69. The van der Waals surface area contributed by atoms with Crippen LogP contribution < -0.4 is 0 Å². The molecule has 2 nitrogen and oxygen atoms in total. The Bertz CT molecular complexity index is 608. The van der Waals surface area contributed by atoms with Gasteiger partial charge >= 0.3 is 0 Å². The first kappa shape index (κ1) is 13.9. The Labute approximate surface area is 123 Å². The van der Waals surface area contributed by atoms with E-state index in [1.807, 2.05) is 0 Å². The Morgan fingerprint density at radius 2 is 2.15 bits per heavy atom. The van der Waals surface area contributed by atoms with Gasteiger partial charge in [0.25, 0.3) is 0 Å². The summed E-state index contributed by atoms with van der Waals surface area (Å²) in [6.45, 7) is 3.23. The third-order valence-electron chi connectivity index (χ3n) is 4.62. The average molecular weight is 295 g/mol. The van der Waals surface area contributed by atoms with Gasteiger partial charge in [0.05, 0.1) is 16.9 Å². The summed E-state index contributed by atoms with van der Waals surface area (Å²) < 4.78 is 15.6. The minimum Gasteiger partial charge on any atom is -0.327 e. The summed E-state index contributed by atoms with van der Waals surface area (Å²) in [6.07, 6.45) is 5.17. The predicted molar refractivity (Wildman–Crippen MR) is 80.4 cm³/mol. The number of hydrogen-bond donors (Lipinski definition) is 0. The molecule has 0 amide bonds. The Hall–Kier alpha value is -1.09. The number of alkyl halides is 1. The van der Waals surface area contributed by atoms with Crippen molar-refractivity contribution in [2.75, 3.05) is 0 Å². The van der Waals surface area contributed by atoms with E-state index in [2.05, 4.69) is 16.5 Å². The lowest BCUT2D eigenvalue weighted by Crippen LogP contribution is -2.22. The molecule has 0 bridgehead atoms. The summed E-state index contributed by atoms with van der Waals surface area (Å²) in [5, 5.41) is 0. The lowest BCUT2D eigenvalue weighted by atomic mass is 9.80. The van der Waals surface area contributed by atoms with Crippen molar-refractivity contribution in [1.29, 1.82) is 0 Å². The number of halogens is 2. The number of rotatable bonds is 3. The minimum absolute atomic E-state index is 0.212. The smallest absolute Gasteiger partial charge is 0.125 e. The topological polar surface area (TPSA) is 17.8 Å². The standard InChI is InChI=1S/C16H20ClFN2/c1-11-4-2-3-5-12(11)10-20-15-8-13(18)6-7-14(15)19-16(20)9-17/h6-8,11-12H,2-5,9-10H2,1H3. The summed E-state index contributed by atoms with van der Waals surface area (Å²) in [5.41, 5.74) is 1.71. The summed E-state index contributed by atoms with van der Waals surface area (Å²) in [5.74, 6) is 2.38. The van der Waals surface area contributed by atoms with E-state index in [-0.39, 0.29) is 5.82 Å². The molecule has 0 radical (unpaired) electrons. The molecule has 0 aliphatic heterocycles. The van der Waals surface area contributed by atoms with Gasteiger partial charge in [0.2, 0.25) is 0 Å². The molecule has 1 aliphatic rings. The highest BCUT2D eigenvalue weighted by molar-refractivity contribution is 6.16. The van der Waals surface area contributed by atoms with Crippen LogP contribution in [0.2, 0.25) is 0 Å². The van der Waals surface area contributed by atoms with E-state index in [0.717, 1.165) is 29.3 Å². The molecular weight excluding hydrogens is 275 g/mol. The van der Waals surface area contributed by atoms with Crippen molar-refractivity contribution in [3.8, 4) is 0 Å². The van der Waals surface area contributed by atoms with Crippen LogP contribution in [0.3, 0.4) is 0 Å². The van der Waals surface area contributed by atoms with Gasteiger partial charge in [-0.25, -0.2) is 9.37 Å². The van der Waals surface area contributed by atoms with E-state index in [0.29, 0.717) is 11.8 Å². The second-order valence-corrected chi connectivity index (χ2v) is 6.19. The molecule has 1 heterocycles. The van der Waals surface area contributed by atoms with Crippen molar-refractivity contribution in [1.82, 2.24) is 9.55 Å². The normalized spacial score (nSPS) is 23.4. The van der Waals surface area contributed by atoms with Crippen molar-refractivity contribution in [2.24, 2.45) is 11.8 Å². The van der Waals surface area contributed by atoms with Crippen molar-refractivity contribution in [2.45, 2.75) is 45.0 Å². The summed E-state index contributed by atoms with van der Waals surface area (Å²) in [7, 11) is 0. The molecule has 3 rings (SSSR count). The molecule has 1 aromatic carbocycles. The second-order valence-electron chi connectivity index (χ2n) is 5.93. The molecule has 20 heavy (non-hydrogen) atoms. The molecule has 1 aliphatic carbocycles. The zero-order valence-corrected chi connectivity index (χ0v) is 12.5. The van der Waals surface area contributed by atoms with Crippen LogP contribution in [0.4, 0.5) is 4.39 Å². The lowest BCUT2D eigenvalue weighted by Gasteiger charge is -2.29. The van der Waals surface area contributed by atoms with Crippen LogP contribution in [0.25, 0.3) is 11.0 Å². The molecule has 0 spiro atoms. The van der Waals surface area contributed by atoms with Gasteiger partial charge in [-0.1, -0.05) is 26.2 Å². The van der Waals surface area contributed by atoms with Gasteiger partial charge < -0.3 is 4.57 Å². The van der Waals surface area contributed by atoms with Crippen LogP contribution in [0, 0.1) is 17.7 Å². The monoisotopic (exact) mass is 294 g/mol. The predicted octanol–water partition coefficient (Wildman–Crippen LogP) is 4.74. The first-order valence-corrected chi connectivity index (χ1v) is 7.93. The van der Waals surface area contributed by atoms with Crippen LogP contribution in [0.1, 0.15) is 38.4 Å². The highest BCUT2D eigenvalue weighted by atomic mass is 35.5. The maximum Gasteiger partial charge on any atom is 0.125 e. The largest absolute Gasteiger partial charge is 0.327 e. The molecule has 0 saturated heterocycles. The Morgan fingerprint density at radius 1 is 1.35 bits per heavy atom. The van der Waals surface area contributed by atoms with E-state index >= 15 is 0 Å². The molecule has 1 saturated carbocycles. The third-order valence-corrected chi connectivity index (χ3v) is 4.85. The van der Waals surface area contributed by atoms with Crippen molar-refractivity contribution >= 4 is 22.6 Å². The quantitative estimate of drug-likeness (QED) is 0.748. The van der Waals surface area contributed by atoms with Gasteiger partial charge in [-0.3, -0.25) is 0 Å². The minimum atomic E-state index is -0.212. The molecule has 2 atom stereocenters. The molecule has 0 N–H and O–H groups in total. The maximum absolute atomic E-state index is 13.5. The van der Waals surface area contributed by atoms with Gasteiger partial charge in [-0.05, 0) is 36.5 Å². The first-order valence-electron chi connectivity index (χ1n) is 7.39. The Balaban J connectivity index is 1.98. The van der Waals surface area contributed by atoms with Crippen LogP contribution in [0.15, 0.2) is 18.2 Å². The summed E-state index contributed by atoms with van der Waals surface area (Å²) in [6, 6.07) is 4.77. The highest BCUT2D eigenvalue weighted by Crippen LogP contribution is 2.32. The van der Waals surface area contributed by atoms with Gasteiger partial charge in [0.1, 0.15) is 11.6 Å². The van der Waals surface area contributed by atoms with E-state index in [1.54, 1.807) is 12.1 Å². The second kappa shape index (κ2) is 5.72. The Morgan fingerprint density at radius 3 is 2.90 bits per heavy atom. The van der Waals surface area contributed by atoms with Crippen molar-refractivity contribution in [3.05, 3.63) is 29.8 Å². The molecule has 108 valence electrons. The number of aromatic nitrogens is 2. The van der Waals surface area contributed by atoms with Gasteiger partial charge in [-0.15, -0.1) is 11.6 Å². The average Bonchev–Trinajstić information content (AvgIpc) is 2.79. The zero-order chi connectivity index (χ0) is 14.1. The highest BCUT2D eigenvalue weighted by Gasteiger charge is 2.23. The zero-order valence-electron chi connectivity index (χ0n) is 11.8. The van der Waals surface area contributed by atoms with Crippen molar-refractivity contribution in [3.63, 3.8) is 0 Å². The SMILES string of the molecule is CC1CCCCC1Cn1c(CCl)nc2ccc(F)cc21. The van der Waals surface area contributed by atoms with Crippen LogP contribution in [0.5, 0.6) is 0 Å². The van der Waals surface area contributed by atoms with Crippen LogP contribution in [-0.4, -0.2) is 9.55 Å². The van der Waals surface area contributed by atoms with Crippen molar-refractivity contribution < 1.29 is 4.39 Å². The summed E-state index contributed by atoms with van der Waals surface area (Å²) >= 11 is 6.02. The van der Waals surface area contributed by atoms with Gasteiger partial charge in [0.15, 0.2) is 0 Å². The number of benzene rings is 1. The summed E-state index contributed by atoms with van der Waals surface area (Å²) in [4.78, 5) is 4.53. The van der Waals surface area contributed by atoms with Crippen LogP contribution >= 0.6 is 11.6 Å². The molecule has 2 aromatic rings. The number of nitrogens with zero attached hydrogens (tertiary/aromatic N) is 2. The lowest BCUT2D eigenvalue weighted by molar-refractivity contribution is 0.229. The molecule has 1 fully saturated rings. The Kier molecular flexibility index (Phi) is 3.97. The molecule has 1 aromatic heterocycles. The molecule has 2 unspecified atom stereocenters. The number of hydrogen-bond acceptors (Lipinski definition) is 1. The van der Waals surface area contributed by atoms with Gasteiger partial charge in [-0.2, -0.15) is 0 Å². The fraction of sp³-hybridized carbons (Fsp3) is 0.562.